The molecule has 0 atom stereocenters. The van der Waals surface area contributed by atoms with Crippen LogP contribution in [0.15, 0.2) is 48.5 Å². The zero-order valence-corrected chi connectivity index (χ0v) is 16.2. The molecule has 3 nitrogen and oxygen atoms in total. The van der Waals surface area contributed by atoms with Crippen molar-refractivity contribution in [3.05, 3.63) is 59.7 Å². The monoisotopic (exact) mass is 355 g/mol. The molecule has 0 saturated carbocycles. The van der Waals surface area contributed by atoms with Crippen molar-refractivity contribution < 1.29 is 9.30 Å². The summed E-state index contributed by atoms with van der Waals surface area (Å²) in [4.78, 5) is 5.01. The highest BCUT2D eigenvalue weighted by molar-refractivity contribution is 6.04. The second kappa shape index (κ2) is 5.78. The molecule has 0 amide bonds. The maximum atomic E-state index is 6.32. The van der Waals surface area contributed by atoms with Crippen LogP contribution in [0.2, 0.25) is 0 Å². The number of benzene rings is 3. The largest absolute Gasteiger partial charge is 0.433 e. The molecule has 5 rings (SSSR count). The first-order chi connectivity index (χ1) is 13.0. The maximum absolute atomic E-state index is 6.32. The van der Waals surface area contributed by atoms with E-state index >= 15 is 0 Å². The Morgan fingerprint density at radius 3 is 2.67 bits per heavy atom. The lowest BCUT2D eigenvalue weighted by molar-refractivity contribution is -0.634. The summed E-state index contributed by atoms with van der Waals surface area (Å²) < 4.78 is 8.57. The lowest BCUT2D eigenvalue weighted by atomic mass is 9.94. The van der Waals surface area contributed by atoms with Crippen molar-refractivity contribution in [2.75, 3.05) is 0 Å². The predicted octanol–water partition coefficient (Wildman–Crippen LogP) is 5.49. The van der Waals surface area contributed by atoms with E-state index in [2.05, 4.69) is 68.8 Å². The molecule has 0 aliphatic carbocycles. The van der Waals surface area contributed by atoms with Crippen LogP contribution in [0.25, 0.3) is 33.1 Å². The van der Waals surface area contributed by atoms with Gasteiger partial charge in [0.2, 0.25) is 5.52 Å². The van der Waals surface area contributed by atoms with Crippen LogP contribution in [0.1, 0.15) is 25.0 Å². The predicted molar refractivity (Wildman–Crippen MR) is 109 cm³/mol. The fraction of sp³-hybridized carbons (Fsp3) is 0.250. The molecule has 27 heavy (non-hydrogen) atoms. The van der Waals surface area contributed by atoms with Crippen LogP contribution in [0.3, 0.4) is 0 Å². The van der Waals surface area contributed by atoms with Gasteiger partial charge in [-0.1, -0.05) is 50.2 Å². The van der Waals surface area contributed by atoms with Crippen LogP contribution in [-0.2, 0) is 13.5 Å². The molecule has 0 spiro atoms. The van der Waals surface area contributed by atoms with Crippen LogP contribution in [0, 0.1) is 12.8 Å². The van der Waals surface area contributed by atoms with Gasteiger partial charge in [-0.3, -0.25) is 0 Å². The number of hydrogen-bond acceptors (Lipinski definition) is 2. The Labute approximate surface area is 159 Å². The van der Waals surface area contributed by atoms with E-state index < -0.39 is 0 Å². The van der Waals surface area contributed by atoms with Gasteiger partial charge in [0.05, 0.1) is 5.56 Å². The summed E-state index contributed by atoms with van der Waals surface area (Å²) in [6, 6.07) is 17.1. The zero-order chi connectivity index (χ0) is 18.7. The van der Waals surface area contributed by atoms with E-state index in [4.69, 9.17) is 9.72 Å². The molecule has 1 aliphatic rings. The number of hydrogen-bond donors (Lipinski definition) is 0. The SMILES string of the molecule is Cc1ccc2cccc3c2c1-c1c(nc2c(CC(C)C)cccc2[n+]1C)O3. The van der Waals surface area contributed by atoms with E-state index in [1.165, 1.54) is 27.5 Å². The Kier molecular flexibility index (Phi) is 3.48. The number of aryl methyl sites for hydroxylation is 2. The third kappa shape index (κ3) is 2.34. The third-order valence-electron chi connectivity index (χ3n) is 5.50. The number of fused-ring (bicyclic) bond motifs is 3. The highest BCUT2D eigenvalue weighted by atomic mass is 16.5. The Hall–Kier alpha value is -2.94. The summed E-state index contributed by atoms with van der Waals surface area (Å²) in [5, 5.41) is 2.38. The second-order valence-electron chi connectivity index (χ2n) is 7.92. The van der Waals surface area contributed by atoms with Crippen LogP contribution >= 0.6 is 0 Å². The van der Waals surface area contributed by atoms with Gasteiger partial charge in [-0.05, 0) is 41.8 Å². The van der Waals surface area contributed by atoms with E-state index in [-0.39, 0.29) is 0 Å². The Morgan fingerprint density at radius 2 is 1.85 bits per heavy atom. The maximum Gasteiger partial charge on any atom is 0.294 e. The molecule has 134 valence electrons. The van der Waals surface area contributed by atoms with Crippen LogP contribution in [0.5, 0.6) is 11.6 Å². The molecule has 0 unspecified atom stereocenters. The van der Waals surface area contributed by atoms with E-state index in [1.807, 2.05) is 12.1 Å². The fourth-order valence-corrected chi connectivity index (χ4v) is 4.29. The van der Waals surface area contributed by atoms with E-state index in [1.54, 1.807) is 0 Å². The number of nitrogens with zero attached hydrogens (tertiary/aromatic N) is 2. The molecular formula is C24H23N2O+. The first-order valence-electron chi connectivity index (χ1n) is 9.57. The average Bonchev–Trinajstić information content (AvgIpc) is 2.64. The Bertz CT molecular complexity index is 1220. The average molecular weight is 355 g/mol. The van der Waals surface area contributed by atoms with Crippen molar-refractivity contribution in [1.29, 1.82) is 0 Å². The van der Waals surface area contributed by atoms with Crippen molar-refractivity contribution in [1.82, 2.24) is 4.98 Å². The summed E-state index contributed by atoms with van der Waals surface area (Å²) in [5.74, 6) is 2.18. The molecule has 4 aromatic rings. The Balaban J connectivity index is 1.89. The van der Waals surface area contributed by atoms with Crippen molar-refractivity contribution >= 4 is 21.8 Å². The van der Waals surface area contributed by atoms with Gasteiger partial charge in [0, 0.05) is 11.5 Å². The Morgan fingerprint density at radius 1 is 1.04 bits per heavy atom. The van der Waals surface area contributed by atoms with Gasteiger partial charge in [0.25, 0.3) is 11.6 Å². The van der Waals surface area contributed by atoms with Crippen LogP contribution < -0.4 is 9.30 Å². The molecule has 0 fully saturated rings. The van der Waals surface area contributed by atoms with Gasteiger partial charge < -0.3 is 4.74 Å². The molecule has 3 heteroatoms. The van der Waals surface area contributed by atoms with Crippen molar-refractivity contribution in [2.24, 2.45) is 13.0 Å². The van der Waals surface area contributed by atoms with Gasteiger partial charge in [-0.2, -0.15) is 4.57 Å². The first-order valence-corrected chi connectivity index (χ1v) is 9.57. The molecule has 0 radical (unpaired) electrons. The first kappa shape index (κ1) is 16.2. The number of rotatable bonds is 2. The quantitative estimate of drug-likeness (QED) is 0.391. The van der Waals surface area contributed by atoms with Gasteiger partial charge >= 0.3 is 0 Å². The molecule has 0 N–H and O–H groups in total. The van der Waals surface area contributed by atoms with E-state index in [0.717, 1.165) is 28.9 Å². The summed E-state index contributed by atoms with van der Waals surface area (Å²) in [6.07, 6.45) is 1.01. The highest BCUT2D eigenvalue weighted by Crippen LogP contribution is 2.45. The van der Waals surface area contributed by atoms with E-state index in [9.17, 15) is 0 Å². The number of aromatic nitrogens is 2. The molecule has 0 saturated heterocycles. The lowest BCUT2D eigenvalue weighted by Gasteiger charge is -2.20. The molecule has 3 aromatic carbocycles. The standard InChI is InChI=1S/C24H23N2O/c1-14(2)13-17-8-5-9-18-22(17)25-24-23(26(18)4)20-15(3)11-12-16-7-6-10-19(27-24)21(16)20/h5-12,14H,13H2,1-4H3/q+1. The second-order valence-corrected chi connectivity index (χ2v) is 7.92. The van der Waals surface area contributed by atoms with Crippen molar-refractivity contribution in [3.8, 4) is 22.9 Å². The minimum Gasteiger partial charge on any atom is -0.433 e. The van der Waals surface area contributed by atoms with Crippen molar-refractivity contribution in [2.45, 2.75) is 27.2 Å². The topological polar surface area (TPSA) is 26.0 Å². The van der Waals surface area contributed by atoms with Crippen LogP contribution in [0.4, 0.5) is 0 Å². The van der Waals surface area contributed by atoms with Gasteiger partial charge in [-0.15, -0.1) is 0 Å². The van der Waals surface area contributed by atoms with E-state index in [0.29, 0.717) is 11.8 Å². The lowest BCUT2D eigenvalue weighted by Crippen LogP contribution is -2.34. The molecule has 1 aromatic heterocycles. The van der Waals surface area contributed by atoms with Crippen LogP contribution in [-0.4, -0.2) is 4.98 Å². The highest BCUT2D eigenvalue weighted by Gasteiger charge is 2.32. The normalized spacial score (nSPS) is 12.5. The molecule has 1 aliphatic heterocycles. The minimum absolute atomic E-state index is 0.580. The van der Waals surface area contributed by atoms with Gasteiger partial charge in [0.1, 0.15) is 18.3 Å². The van der Waals surface area contributed by atoms with Gasteiger partial charge in [-0.25, -0.2) is 4.98 Å². The molecule has 0 bridgehead atoms. The fourth-order valence-electron chi connectivity index (χ4n) is 4.29. The number of ether oxygens (including phenoxy) is 1. The molecule has 2 heterocycles. The summed E-state index contributed by atoms with van der Waals surface area (Å²) >= 11 is 0. The smallest absolute Gasteiger partial charge is 0.294 e. The van der Waals surface area contributed by atoms with Gasteiger partial charge in [0.15, 0.2) is 0 Å². The number of para-hydroxylation sites is 1. The summed E-state index contributed by atoms with van der Waals surface area (Å²) in [7, 11) is 2.12. The molecular weight excluding hydrogens is 332 g/mol. The summed E-state index contributed by atoms with van der Waals surface area (Å²) in [6.45, 7) is 6.65. The minimum atomic E-state index is 0.580. The third-order valence-corrected chi connectivity index (χ3v) is 5.50. The van der Waals surface area contributed by atoms with Crippen molar-refractivity contribution in [3.63, 3.8) is 0 Å². The summed E-state index contributed by atoms with van der Waals surface area (Å²) in [5.41, 5.74) is 7.00. The zero-order valence-electron chi connectivity index (χ0n) is 16.2.